The molecule has 0 unspecified atom stereocenters. The fraction of sp³-hybridized carbons (Fsp3) is 0.650. The second-order valence-electron chi connectivity index (χ2n) is 6.62. The van der Waals surface area contributed by atoms with Crippen LogP contribution in [0.1, 0.15) is 51.2 Å². The second-order valence-corrected chi connectivity index (χ2v) is 6.62. The molecule has 0 heterocycles. The van der Waals surface area contributed by atoms with Gasteiger partial charge in [-0.05, 0) is 68.2 Å². The van der Waals surface area contributed by atoms with E-state index in [-0.39, 0.29) is 41.8 Å². The third kappa shape index (κ3) is 8.20. The number of aliphatic imine (C=N–C) groups is 1. The summed E-state index contributed by atoms with van der Waals surface area (Å²) in [7, 11) is 0. The van der Waals surface area contributed by atoms with Crippen molar-refractivity contribution in [3.8, 4) is 0 Å². The molecule has 1 aromatic rings. The molecule has 0 bridgehead atoms. The van der Waals surface area contributed by atoms with Crippen LogP contribution in [-0.4, -0.2) is 37.3 Å². The maximum atomic E-state index is 13.2. The number of aliphatic hydroxyl groups excluding tert-OH is 1. The summed E-state index contributed by atoms with van der Waals surface area (Å²) in [6, 6.07) is 4.92. The van der Waals surface area contributed by atoms with Crippen molar-refractivity contribution in [3.05, 3.63) is 35.1 Å². The van der Waals surface area contributed by atoms with Crippen LogP contribution in [-0.2, 0) is 6.42 Å². The van der Waals surface area contributed by atoms with Gasteiger partial charge in [0.2, 0.25) is 0 Å². The molecule has 0 amide bonds. The van der Waals surface area contributed by atoms with Crippen LogP contribution in [0.2, 0.25) is 0 Å². The van der Waals surface area contributed by atoms with Crippen molar-refractivity contribution in [1.82, 2.24) is 10.6 Å². The number of nitrogens with zero attached hydrogens (tertiary/aromatic N) is 1. The molecule has 1 rings (SSSR count). The Morgan fingerprint density at radius 2 is 1.88 bits per heavy atom. The van der Waals surface area contributed by atoms with Gasteiger partial charge in [-0.3, -0.25) is 4.99 Å². The fourth-order valence-corrected chi connectivity index (χ4v) is 2.99. The highest BCUT2D eigenvalue weighted by Crippen LogP contribution is 2.30. The average molecular weight is 479 g/mol. The fourth-order valence-electron chi connectivity index (χ4n) is 2.99. The van der Waals surface area contributed by atoms with Crippen molar-refractivity contribution >= 4 is 29.9 Å². The molecule has 0 aliphatic carbocycles. The van der Waals surface area contributed by atoms with Crippen LogP contribution < -0.4 is 10.6 Å². The minimum atomic E-state index is -0.191. The Bertz CT molecular complexity index is 548. The minimum absolute atomic E-state index is 0. The summed E-state index contributed by atoms with van der Waals surface area (Å²) in [5.41, 5.74) is 2.18. The molecule has 0 saturated heterocycles. The maximum absolute atomic E-state index is 13.2. The molecule has 0 saturated carbocycles. The highest BCUT2D eigenvalue weighted by molar-refractivity contribution is 14.0. The monoisotopic (exact) mass is 479 g/mol. The first-order valence-electron chi connectivity index (χ1n) is 9.38. The van der Waals surface area contributed by atoms with Gasteiger partial charge in [-0.1, -0.05) is 19.9 Å². The number of guanidine groups is 1. The number of rotatable bonds is 10. The molecule has 0 fully saturated rings. The topological polar surface area (TPSA) is 56.7 Å². The van der Waals surface area contributed by atoms with Gasteiger partial charge in [0, 0.05) is 26.2 Å². The normalized spacial score (nSPS) is 11.8. The molecule has 0 aliphatic heterocycles. The van der Waals surface area contributed by atoms with E-state index < -0.39 is 0 Å². The zero-order chi connectivity index (χ0) is 18.7. The number of hydrogen-bond acceptors (Lipinski definition) is 2. The van der Waals surface area contributed by atoms with Crippen LogP contribution in [0.15, 0.2) is 23.2 Å². The van der Waals surface area contributed by atoms with Crippen LogP contribution in [0.5, 0.6) is 0 Å². The van der Waals surface area contributed by atoms with Crippen molar-refractivity contribution < 1.29 is 9.50 Å². The van der Waals surface area contributed by atoms with Gasteiger partial charge in [0.15, 0.2) is 5.96 Å². The molecule has 0 radical (unpaired) electrons. The number of halogens is 2. The summed E-state index contributed by atoms with van der Waals surface area (Å²) in [4.78, 5) is 4.74. The molecule has 4 nitrogen and oxygen atoms in total. The summed E-state index contributed by atoms with van der Waals surface area (Å²) in [6.45, 7) is 10.7. The van der Waals surface area contributed by atoms with Crippen LogP contribution >= 0.6 is 24.0 Å². The molecular formula is C20H35FIN3O. The van der Waals surface area contributed by atoms with E-state index in [2.05, 4.69) is 24.5 Å². The van der Waals surface area contributed by atoms with E-state index in [1.807, 2.05) is 19.9 Å². The molecule has 1 aromatic carbocycles. The molecule has 150 valence electrons. The number of aliphatic hydroxyl groups is 1. The van der Waals surface area contributed by atoms with E-state index in [4.69, 9.17) is 4.99 Å². The Morgan fingerprint density at radius 3 is 2.42 bits per heavy atom. The van der Waals surface area contributed by atoms with Crippen LogP contribution in [0.3, 0.4) is 0 Å². The van der Waals surface area contributed by atoms with Crippen LogP contribution in [0, 0.1) is 18.2 Å². The Balaban J connectivity index is 0.00000625. The molecule has 26 heavy (non-hydrogen) atoms. The molecule has 6 heteroatoms. The molecule has 3 N–H and O–H groups in total. The summed E-state index contributed by atoms with van der Waals surface area (Å²) in [5, 5.41) is 16.0. The molecule has 0 spiro atoms. The molecule has 0 atom stereocenters. The molecular weight excluding hydrogens is 444 g/mol. The zero-order valence-electron chi connectivity index (χ0n) is 16.6. The van der Waals surface area contributed by atoms with E-state index in [1.54, 1.807) is 6.07 Å². The van der Waals surface area contributed by atoms with E-state index in [1.165, 1.54) is 6.07 Å². The van der Waals surface area contributed by atoms with Gasteiger partial charge in [0.1, 0.15) is 5.82 Å². The van der Waals surface area contributed by atoms with Gasteiger partial charge in [-0.2, -0.15) is 0 Å². The van der Waals surface area contributed by atoms with Crippen LogP contribution in [0.25, 0.3) is 0 Å². The lowest BCUT2D eigenvalue weighted by Crippen LogP contribution is -2.39. The number of aryl methyl sites for hydroxylation is 1. The Morgan fingerprint density at radius 1 is 1.19 bits per heavy atom. The zero-order valence-corrected chi connectivity index (χ0v) is 18.9. The third-order valence-corrected chi connectivity index (χ3v) is 5.05. The first-order chi connectivity index (χ1) is 12.0. The van der Waals surface area contributed by atoms with Gasteiger partial charge < -0.3 is 15.7 Å². The minimum Gasteiger partial charge on any atom is -0.396 e. The quantitative estimate of drug-likeness (QED) is 0.270. The second kappa shape index (κ2) is 13.3. The van der Waals surface area contributed by atoms with Gasteiger partial charge >= 0.3 is 0 Å². The molecule has 0 aliphatic rings. The van der Waals surface area contributed by atoms with E-state index in [9.17, 15) is 9.50 Å². The lowest BCUT2D eigenvalue weighted by Gasteiger charge is -2.29. The van der Waals surface area contributed by atoms with Crippen molar-refractivity contribution in [2.45, 2.75) is 53.4 Å². The van der Waals surface area contributed by atoms with Crippen LogP contribution in [0.4, 0.5) is 4.39 Å². The third-order valence-electron chi connectivity index (χ3n) is 5.05. The first-order valence-corrected chi connectivity index (χ1v) is 9.38. The van der Waals surface area contributed by atoms with E-state index in [0.717, 1.165) is 55.9 Å². The summed E-state index contributed by atoms with van der Waals surface area (Å²) in [6.07, 6.45) is 3.60. The van der Waals surface area contributed by atoms with Crippen molar-refractivity contribution in [1.29, 1.82) is 0 Å². The lowest BCUT2D eigenvalue weighted by atomic mass is 9.79. The summed E-state index contributed by atoms with van der Waals surface area (Å²) in [5.74, 6) is 0.606. The first kappa shape index (κ1) is 25.1. The SMILES string of the molecule is CCNC(=NCC(CC)(CC)CCO)NCCc1ccc(F)cc1C.I. The van der Waals surface area contributed by atoms with Gasteiger partial charge in [0.05, 0.1) is 0 Å². The number of benzene rings is 1. The smallest absolute Gasteiger partial charge is 0.191 e. The Hall–Kier alpha value is -0.890. The largest absolute Gasteiger partial charge is 0.396 e. The van der Waals surface area contributed by atoms with Gasteiger partial charge in [-0.15, -0.1) is 24.0 Å². The average Bonchev–Trinajstić information content (AvgIpc) is 2.60. The van der Waals surface area contributed by atoms with E-state index in [0.29, 0.717) is 6.54 Å². The highest BCUT2D eigenvalue weighted by Gasteiger charge is 2.25. The van der Waals surface area contributed by atoms with Crippen molar-refractivity contribution in [3.63, 3.8) is 0 Å². The summed E-state index contributed by atoms with van der Waals surface area (Å²) < 4.78 is 13.2. The Kier molecular flexibility index (Phi) is 12.8. The Labute approximate surface area is 175 Å². The van der Waals surface area contributed by atoms with Crippen molar-refractivity contribution in [2.24, 2.45) is 10.4 Å². The lowest BCUT2D eigenvalue weighted by molar-refractivity contribution is 0.175. The van der Waals surface area contributed by atoms with Gasteiger partial charge in [0.25, 0.3) is 0 Å². The van der Waals surface area contributed by atoms with Crippen molar-refractivity contribution in [2.75, 3.05) is 26.2 Å². The molecule has 0 aromatic heterocycles. The standard InChI is InChI=1S/C20H34FN3O.HI/c1-5-20(6-2,11-13-25)15-24-19(22-7-3)23-12-10-17-8-9-18(21)14-16(17)4;/h8-9,14,25H,5-7,10-13,15H2,1-4H3,(H2,22,23,24);1H. The predicted molar refractivity (Wildman–Crippen MR) is 119 cm³/mol. The summed E-state index contributed by atoms with van der Waals surface area (Å²) >= 11 is 0. The number of hydrogen-bond donors (Lipinski definition) is 3. The number of nitrogens with one attached hydrogen (secondary N) is 2. The maximum Gasteiger partial charge on any atom is 0.191 e. The highest BCUT2D eigenvalue weighted by atomic mass is 127. The van der Waals surface area contributed by atoms with E-state index >= 15 is 0 Å². The van der Waals surface area contributed by atoms with Gasteiger partial charge in [-0.25, -0.2) is 4.39 Å². The predicted octanol–water partition coefficient (Wildman–Crippen LogP) is 4.04.